The van der Waals surface area contributed by atoms with Crippen LogP contribution in [0.15, 0.2) is 16.6 Å². The fourth-order valence-electron chi connectivity index (χ4n) is 3.68. The molecule has 1 aromatic carbocycles. The lowest BCUT2D eigenvalue weighted by Gasteiger charge is -2.41. The van der Waals surface area contributed by atoms with Gasteiger partial charge in [-0.1, -0.05) is 22.9 Å². The summed E-state index contributed by atoms with van der Waals surface area (Å²) in [4.78, 5) is 4.84. The summed E-state index contributed by atoms with van der Waals surface area (Å²) in [5.74, 6) is 0.911. The summed E-state index contributed by atoms with van der Waals surface area (Å²) >= 11 is 3.60. The zero-order valence-electron chi connectivity index (χ0n) is 11.7. The van der Waals surface area contributed by atoms with Crippen LogP contribution in [0.2, 0.25) is 0 Å². The fourth-order valence-corrected chi connectivity index (χ4v) is 4.03. The van der Waals surface area contributed by atoms with Crippen molar-refractivity contribution in [3.8, 4) is 5.75 Å². The Bertz CT molecular complexity index is 559. The average molecular weight is 327 g/mol. The van der Waals surface area contributed by atoms with Gasteiger partial charge in [-0.05, 0) is 51.3 Å². The first-order chi connectivity index (χ1) is 8.77. The number of fused-ring (bicyclic) bond motifs is 3. The summed E-state index contributed by atoms with van der Waals surface area (Å²) in [6.07, 6.45) is 1.71. The molecule has 0 unspecified atom stereocenters. The summed E-state index contributed by atoms with van der Waals surface area (Å²) < 4.78 is 7.35. The Balaban J connectivity index is 2.21. The van der Waals surface area contributed by atoms with Gasteiger partial charge in [0.05, 0.1) is 0 Å². The van der Waals surface area contributed by atoms with Crippen LogP contribution in [0.4, 0.5) is 0 Å². The molecule has 3 nitrogen and oxygen atoms in total. The van der Waals surface area contributed by atoms with Gasteiger partial charge in [0.15, 0.2) is 0 Å². The topological polar surface area (TPSA) is 38.7 Å². The van der Waals surface area contributed by atoms with Gasteiger partial charge in [-0.2, -0.15) is 0 Å². The number of halogens is 1. The fraction of sp³-hybridized carbons (Fsp3) is 0.600. The number of hydrogen-bond donors (Lipinski definition) is 1. The van der Waals surface area contributed by atoms with Gasteiger partial charge in [0.1, 0.15) is 17.0 Å². The molecule has 4 heteroatoms. The number of ether oxygens (including phenoxy) is 1. The molecular formula is C15H19BrO3. The Morgan fingerprint density at radius 2 is 1.95 bits per heavy atom. The summed E-state index contributed by atoms with van der Waals surface area (Å²) in [5, 5.41) is 9.35. The van der Waals surface area contributed by atoms with Crippen LogP contribution in [0, 0.1) is 6.92 Å². The summed E-state index contributed by atoms with van der Waals surface area (Å²) in [6, 6.07) is 4.21. The van der Waals surface area contributed by atoms with Crippen LogP contribution < -0.4 is 4.74 Å². The van der Waals surface area contributed by atoms with E-state index in [1.165, 1.54) is 5.56 Å². The number of benzene rings is 1. The SMILES string of the molecule is Cc1cc2c(cc1Br)[C@]1(C)CC[C@](C)(OO)[C@]1(C)O2. The lowest BCUT2D eigenvalue weighted by atomic mass is 9.70. The second-order valence-electron chi connectivity index (χ2n) is 6.39. The number of aryl methyl sites for hydroxylation is 1. The molecule has 1 heterocycles. The van der Waals surface area contributed by atoms with Crippen LogP contribution >= 0.6 is 15.9 Å². The molecule has 104 valence electrons. The molecule has 0 radical (unpaired) electrons. The predicted molar refractivity (Wildman–Crippen MR) is 76.6 cm³/mol. The number of rotatable bonds is 1. The maximum Gasteiger partial charge on any atom is 0.147 e. The van der Waals surface area contributed by atoms with E-state index < -0.39 is 11.2 Å². The first-order valence-electron chi connectivity index (χ1n) is 6.60. The van der Waals surface area contributed by atoms with Gasteiger partial charge >= 0.3 is 0 Å². The Morgan fingerprint density at radius 3 is 2.58 bits per heavy atom. The first kappa shape index (κ1) is 13.4. The Hall–Kier alpha value is -0.580. The molecule has 1 aliphatic heterocycles. The van der Waals surface area contributed by atoms with Crippen LogP contribution in [0.3, 0.4) is 0 Å². The van der Waals surface area contributed by atoms with Crippen molar-refractivity contribution in [2.24, 2.45) is 0 Å². The molecule has 3 rings (SSSR count). The molecule has 3 atom stereocenters. The molecular weight excluding hydrogens is 308 g/mol. The third-order valence-electron chi connectivity index (χ3n) is 5.53. The minimum absolute atomic E-state index is 0.143. The quantitative estimate of drug-likeness (QED) is 0.620. The maximum atomic E-state index is 9.35. The van der Waals surface area contributed by atoms with Crippen molar-refractivity contribution in [3.05, 3.63) is 27.7 Å². The Kier molecular flexibility index (Phi) is 2.64. The van der Waals surface area contributed by atoms with E-state index >= 15 is 0 Å². The van der Waals surface area contributed by atoms with E-state index in [9.17, 15) is 5.26 Å². The molecule has 1 aromatic rings. The van der Waals surface area contributed by atoms with Crippen LogP contribution in [-0.4, -0.2) is 16.5 Å². The van der Waals surface area contributed by atoms with Crippen LogP contribution in [0.1, 0.15) is 44.7 Å². The Morgan fingerprint density at radius 1 is 1.26 bits per heavy atom. The lowest BCUT2D eigenvalue weighted by Crippen LogP contribution is -2.57. The highest BCUT2D eigenvalue weighted by Gasteiger charge is 2.69. The molecule has 0 bridgehead atoms. The lowest BCUT2D eigenvalue weighted by molar-refractivity contribution is -0.347. The molecule has 0 aromatic heterocycles. The minimum atomic E-state index is -0.679. The molecule has 0 spiro atoms. The standard InChI is InChI=1S/C15H19BrO3/c1-9-7-12-10(8-11(9)16)13(2)5-6-14(3,19-17)15(13,4)18-12/h7-8,17H,5-6H2,1-4H3/t13-,14-,15+/m0/s1. The normalized spacial score (nSPS) is 39.9. The number of hydrogen-bond acceptors (Lipinski definition) is 3. The second-order valence-corrected chi connectivity index (χ2v) is 7.24. The van der Waals surface area contributed by atoms with Crippen molar-refractivity contribution < 1.29 is 14.9 Å². The Labute approximate surface area is 122 Å². The van der Waals surface area contributed by atoms with E-state index in [1.54, 1.807) is 0 Å². The van der Waals surface area contributed by atoms with E-state index in [4.69, 9.17) is 9.62 Å². The van der Waals surface area contributed by atoms with Crippen molar-refractivity contribution in [2.45, 2.75) is 57.2 Å². The van der Waals surface area contributed by atoms with Gasteiger partial charge in [-0.15, -0.1) is 0 Å². The second kappa shape index (κ2) is 3.74. The molecule has 1 fully saturated rings. The summed E-state index contributed by atoms with van der Waals surface area (Å²) in [6.45, 7) is 8.21. The van der Waals surface area contributed by atoms with Gasteiger partial charge in [0.25, 0.3) is 0 Å². The van der Waals surface area contributed by atoms with E-state index in [0.29, 0.717) is 0 Å². The van der Waals surface area contributed by atoms with Gasteiger partial charge < -0.3 is 4.74 Å². The van der Waals surface area contributed by atoms with Gasteiger partial charge in [-0.25, -0.2) is 4.89 Å². The molecule has 0 amide bonds. The van der Waals surface area contributed by atoms with Crippen molar-refractivity contribution in [1.82, 2.24) is 0 Å². The molecule has 1 aliphatic carbocycles. The third kappa shape index (κ3) is 1.40. The molecule has 1 saturated carbocycles. The van der Waals surface area contributed by atoms with E-state index in [-0.39, 0.29) is 5.41 Å². The largest absolute Gasteiger partial charge is 0.483 e. The van der Waals surface area contributed by atoms with Crippen molar-refractivity contribution in [3.63, 3.8) is 0 Å². The predicted octanol–water partition coefficient (Wildman–Crippen LogP) is 4.21. The highest BCUT2D eigenvalue weighted by atomic mass is 79.9. The van der Waals surface area contributed by atoms with Crippen molar-refractivity contribution in [2.75, 3.05) is 0 Å². The zero-order chi connectivity index (χ0) is 14.1. The van der Waals surface area contributed by atoms with Crippen LogP contribution in [0.25, 0.3) is 0 Å². The van der Waals surface area contributed by atoms with E-state index in [2.05, 4.69) is 35.0 Å². The average Bonchev–Trinajstić information content (AvgIpc) is 2.69. The maximum absolute atomic E-state index is 9.35. The summed E-state index contributed by atoms with van der Waals surface area (Å²) in [5.41, 5.74) is 0.979. The smallest absolute Gasteiger partial charge is 0.147 e. The minimum Gasteiger partial charge on any atom is -0.483 e. The van der Waals surface area contributed by atoms with Gasteiger partial charge in [0, 0.05) is 15.5 Å². The van der Waals surface area contributed by atoms with Crippen molar-refractivity contribution >= 4 is 15.9 Å². The van der Waals surface area contributed by atoms with Gasteiger partial charge in [0.2, 0.25) is 0 Å². The monoisotopic (exact) mass is 326 g/mol. The molecule has 1 N–H and O–H groups in total. The van der Waals surface area contributed by atoms with E-state index in [1.807, 2.05) is 20.8 Å². The van der Waals surface area contributed by atoms with E-state index in [0.717, 1.165) is 28.6 Å². The highest BCUT2D eigenvalue weighted by Crippen LogP contribution is 2.62. The highest BCUT2D eigenvalue weighted by molar-refractivity contribution is 9.10. The third-order valence-corrected chi connectivity index (χ3v) is 6.39. The van der Waals surface area contributed by atoms with Gasteiger partial charge in [-0.3, -0.25) is 5.26 Å². The van der Waals surface area contributed by atoms with Crippen molar-refractivity contribution in [1.29, 1.82) is 0 Å². The first-order valence-corrected chi connectivity index (χ1v) is 7.39. The zero-order valence-corrected chi connectivity index (χ0v) is 13.3. The molecule has 19 heavy (non-hydrogen) atoms. The van der Waals surface area contributed by atoms with Crippen LogP contribution in [-0.2, 0) is 10.3 Å². The molecule has 2 aliphatic rings. The summed E-state index contributed by atoms with van der Waals surface area (Å²) in [7, 11) is 0. The van der Waals surface area contributed by atoms with Crippen LogP contribution in [0.5, 0.6) is 5.75 Å². The molecule has 0 saturated heterocycles.